The highest BCUT2D eigenvalue weighted by Gasteiger charge is 2.15. The maximum absolute atomic E-state index is 11.2. The Balaban J connectivity index is 2.54. The molecule has 2 atom stereocenters. The van der Waals surface area contributed by atoms with Crippen LogP contribution >= 0.6 is 0 Å². The van der Waals surface area contributed by atoms with Crippen LogP contribution in [-0.2, 0) is 9.53 Å². The van der Waals surface area contributed by atoms with Crippen molar-refractivity contribution >= 4 is 5.97 Å². The Morgan fingerprint density at radius 1 is 1.44 bits per heavy atom. The van der Waals surface area contributed by atoms with Crippen LogP contribution in [0.5, 0.6) is 5.75 Å². The maximum atomic E-state index is 11.2. The smallest absolute Gasteiger partial charge is 0.322 e. The highest BCUT2D eigenvalue weighted by atomic mass is 16.5. The molecule has 5 heteroatoms. The van der Waals surface area contributed by atoms with Crippen LogP contribution in [-0.4, -0.2) is 37.9 Å². The predicted molar refractivity (Wildman–Crippen MR) is 67.4 cm³/mol. The van der Waals surface area contributed by atoms with Crippen molar-refractivity contribution in [3.05, 3.63) is 29.8 Å². The van der Waals surface area contributed by atoms with Crippen molar-refractivity contribution < 1.29 is 19.4 Å². The van der Waals surface area contributed by atoms with Gasteiger partial charge in [0.05, 0.1) is 20.3 Å². The van der Waals surface area contributed by atoms with Crippen molar-refractivity contribution in [2.24, 2.45) is 0 Å². The first-order valence-electron chi connectivity index (χ1n) is 5.71. The fraction of sp³-hybridized carbons (Fsp3) is 0.462. The second-order valence-corrected chi connectivity index (χ2v) is 3.95. The van der Waals surface area contributed by atoms with E-state index < -0.39 is 12.1 Å². The van der Waals surface area contributed by atoms with Crippen LogP contribution in [0.3, 0.4) is 0 Å². The summed E-state index contributed by atoms with van der Waals surface area (Å²) in [6.07, 6.45) is -0.702. The first-order valence-corrected chi connectivity index (χ1v) is 5.71. The van der Waals surface area contributed by atoms with Crippen LogP contribution in [0.15, 0.2) is 24.3 Å². The van der Waals surface area contributed by atoms with Crippen LogP contribution in [0.25, 0.3) is 0 Å². The van der Waals surface area contributed by atoms with Crippen molar-refractivity contribution in [2.75, 3.05) is 20.8 Å². The summed E-state index contributed by atoms with van der Waals surface area (Å²) in [7, 11) is 2.90. The number of carbonyl (C=O) groups is 1. The molecule has 1 aromatic rings. The van der Waals surface area contributed by atoms with Crippen LogP contribution in [0.1, 0.15) is 18.6 Å². The number of ether oxygens (including phenoxy) is 2. The van der Waals surface area contributed by atoms with Crippen LogP contribution in [0, 0.1) is 0 Å². The van der Waals surface area contributed by atoms with E-state index in [1.807, 2.05) is 0 Å². The molecule has 0 radical (unpaired) electrons. The molecule has 0 heterocycles. The van der Waals surface area contributed by atoms with E-state index in [1.165, 1.54) is 7.11 Å². The summed E-state index contributed by atoms with van der Waals surface area (Å²) in [4.78, 5) is 11.2. The molecule has 0 amide bonds. The van der Waals surface area contributed by atoms with Gasteiger partial charge in [-0.15, -0.1) is 0 Å². The van der Waals surface area contributed by atoms with Gasteiger partial charge in [-0.25, -0.2) is 0 Å². The van der Waals surface area contributed by atoms with Gasteiger partial charge < -0.3 is 19.9 Å². The lowest BCUT2D eigenvalue weighted by atomic mass is 10.1. The third-order valence-electron chi connectivity index (χ3n) is 2.65. The Labute approximate surface area is 107 Å². The number of methoxy groups -OCH3 is 2. The van der Waals surface area contributed by atoms with E-state index in [4.69, 9.17) is 4.74 Å². The fourth-order valence-electron chi connectivity index (χ4n) is 1.52. The van der Waals surface area contributed by atoms with Gasteiger partial charge in [-0.2, -0.15) is 0 Å². The zero-order valence-electron chi connectivity index (χ0n) is 10.8. The Morgan fingerprint density at radius 3 is 2.78 bits per heavy atom. The van der Waals surface area contributed by atoms with Crippen molar-refractivity contribution in [3.8, 4) is 5.75 Å². The van der Waals surface area contributed by atoms with Gasteiger partial charge in [-0.05, 0) is 24.6 Å². The third-order valence-corrected chi connectivity index (χ3v) is 2.65. The molecule has 0 aromatic heterocycles. The number of benzene rings is 1. The minimum atomic E-state index is -0.702. The number of carbonyl (C=O) groups excluding carboxylic acids is 1. The molecule has 18 heavy (non-hydrogen) atoms. The average molecular weight is 253 g/mol. The largest absolute Gasteiger partial charge is 0.497 e. The van der Waals surface area contributed by atoms with Gasteiger partial charge in [-0.1, -0.05) is 12.1 Å². The SMILES string of the molecule is COC(=O)C(C)NCC(O)c1cccc(OC)c1. The highest BCUT2D eigenvalue weighted by Crippen LogP contribution is 2.18. The summed E-state index contributed by atoms with van der Waals surface area (Å²) >= 11 is 0. The summed E-state index contributed by atoms with van der Waals surface area (Å²) in [5.74, 6) is 0.334. The standard InChI is InChI=1S/C13H19NO4/c1-9(13(16)18-3)14-8-12(15)10-5-4-6-11(7-10)17-2/h4-7,9,12,14-15H,8H2,1-3H3. The van der Waals surface area contributed by atoms with E-state index in [2.05, 4.69) is 10.1 Å². The quantitative estimate of drug-likeness (QED) is 0.737. The van der Waals surface area contributed by atoms with Gasteiger partial charge in [0.2, 0.25) is 0 Å². The third kappa shape index (κ3) is 4.01. The van der Waals surface area contributed by atoms with E-state index in [0.29, 0.717) is 5.75 Å². The minimum absolute atomic E-state index is 0.267. The van der Waals surface area contributed by atoms with E-state index in [-0.39, 0.29) is 12.5 Å². The number of hydrogen-bond acceptors (Lipinski definition) is 5. The zero-order chi connectivity index (χ0) is 13.5. The van der Waals surface area contributed by atoms with Crippen LogP contribution in [0.2, 0.25) is 0 Å². The van der Waals surface area contributed by atoms with Gasteiger partial charge in [0.25, 0.3) is 0 Å². The molecular weight excluding hydrogens is 234 g/mol. The Bertz CT molecular complexity index is 394. The van der Waals surface area contributed by atoms with E-state index in [9.17, 15) is 9.90 Å². The molecule has 5 nitrogen and oxygen atoms in total. The van der Waals surface area contributed by atoms with Crippen molar-refractivity contribution in [1.29, 1.82) is 0 Å². The molecule has 0 aliphatic heterocycles. The molecule has 0 saturated carbocycles. The zero-order valence-corrected chi connectivity index (χ0v) is 10.8. The number of nitrogens with one attached hydrogen (secondary N) is 1. The maximum Gasteiger partial charge on any atom is 0.322 e. The molecule has 100 valence electrons. The lowest BCUT2D eigenvalue weighted by Gasteiger charge is -2.16. The first-order chi connectivity index (χ1) is 8.58. The molecule has 0 aliphatic carbocycles. The van der Waals surface area contributed by atoms with Crippen molar-refractivity contribution in [2.45, 2.75) is 19.1 Å². The fourth-order valence-corrected chi connectivity index (χ4v) is 1.52. The van der Waals surface area contributed by atoms with Gasteiger partial charge >= 0.3 is 5.97 Å². The van der Waals surface area contributed by atoms with Gasteiger partial charge in [0.15, 0.2) is 0 Å². The molecule has 2 N–H and O–H groups in total. The van der Waals surface area contributed by atoms with E-state index in [1.54, 1.807) is 38.3 Å². The average Bonchev–Trinajstić information content (AvgIpc) is 2.43. The number of aliphatic hydroxyl groups is 1. The lowest BCUT2D eigenvalue weighted by Crippen LogP contribution is -2.37. The molecule has 0 spiro atoms. The van der Waals surface area contributed by atoms with Crippen molar-refractivity contribution in [3.63, 3.8) is 0 Å². The molecule has 1 rings (SSSR count). The lowest BCUT2D eigenvalue weighted by molar-refractivity contribution is -0.142. The minimum Gasteiger partial charge on any atom is -0.497 e. The molecule has 0 fully saturated rings. The number of esters is 1. The van der Waals surface area contributed by atoms with E-state index >= 15 is 0 Å². The van der Waals surface area contributed by atoms with Crippen LogP contribution in [0.4, 0.5) is 0 Å². The Hall–Kier alpha value is -1.59. The second-order valence-electron chi connectivity index (χ2n) is 3.95. The summed E-state index contributed by atoms with van der Waals surface area (Å²) in [5, 5.41) is 12.9. The molecule has 0 saturated heterocycles. The second kappa shape index (κ2) is 6.98. The Kier molecular flexibility index (Phi) is 5.61. The molecule has 1 aromatic carbocycles. The van der Waals surface area contributed by atoms with Gasteiger partial charge in [-0.3, -0.25) is 4.79 Å². The number of hydrogen-bond donors (Lipinski definition) is 2. The number of aliphatic hydroxyl groups excluding tert-OH is 1. The summed E-state index contributed by atoms with van der Waals surface area (Å²) in [6, 6.07) is 6.73. The molecular formula is C13H19NO4. The van der Waals surface area contributed by atoms with Gasteiger partial charge in [0, 0.05) is 6.54 Å². The summed E-state index contributed by atoms with van der Waals surface area (Å²) < 4.78 is 9.66. The first kappa shape index (κ1) is 14.5. The van der Waals surface area contributed by atoms with Crippen LogP contribution < -0.4 is 10.1 Å². The summed E-state index contributed by atoms with van der Waals surface area (Å²) in [6.45, 7) is 1.95. The number of rotatable bonds is 6. The highest BCUT2D eigenvalue weighted by molar-refractivity contribution is 5.75. The normalized spacial score (nSPS) is 13.8. The van der Waals surface area contributed by atoms with Crippen molar-refractivity contribution in [1.82, 2.24) is 5.32 Å². The van der Waals surface area contributed by atoms with E-state index in [0.717, 1.165) is 5.56 Å². The molecule has 0 aliphatic rings. The predicted octanol–water partition coefficient (Wildman–Crippen LogP) is 0.880. The van der Waals surface area contributed by atoms with Gasteiger partial charge in [0.1, 0.15) is 11.8 Å². The Morgan fingerprint density at radius 2 is 2.17 bits per heavy atom. The monoisotopic (exact) mass is 253 g/mol. The molecule has 0 bridgehead atoms. The molecule has 2 unspecified atom stereocenters. The topological polar surface area (TPSA) is 67.8 Å². The summed E-state index contributed by atoms with van der Waals surface area (Å²) in [5.41, 5.74) is 0.735.